The van der Waals surface area contributed by atoms with E-state index < -0.39 is 12.1 Å². The Bertz CT molecular complexity index is 1100. The van der Waals surface area contributed by atoms with Gasteiger partial charge in [0, 0.05) is 11.6 Å². The quantitative estimate of drug-likeness (QED) is 0.236. The molecule has 0 atom stereocenters. The van der Waals surface area contributed by atoms with E-state index in [-0.39, 0.29) is 12.2 Å². The van der Waals surface area contributed by atoms with Gasteiger partial charge in [0.25, 0.3) is 0 Å². The largest absolute Gasteiger partial charge is 0.511 e. The van der Waals surface area contributed by atoms with E-state index >= 15 is 0 Å². The Labute approximate surface area is 212 Å². The summed E-state index contributed by atoms with van der Waals surface area (Å²) < 4.78 is 16.2. The monoisotopic (exact) mass is 490 g/mol. The third-order valence-corrected chi connectivity index (χ3v) is 8.07. The second-order valence-electron chi connectivity index (χ2n) is 10.7. The molecule has 4 aliphatic carbocycles. The predicted octanol–water partition coefficient (Wildman–Crippen LogP) is 6.82. The standard InChI is InChI=1S/C30H34O6/c1-2-11-34-29(33)36-19-35-27-9-8-25(24-6-3-20(4-7-24)5-10-28(31)32)15-26(27)30-16-21-12-22(17-30)14-23(13-21)18-30/h3-10,15,21-23H,2,11-14,16-19H2,1H3,(H,31,32)/b10-5+. The van der Waals surface area contributed by atoms with E-state index in [0.29, 0.717) is 6.61 Å². The van der Waals surface area contributed by atoms with Crippen molar-refractivity contribution in [3.8, 4) is 16.9 Å². The van der Waals surface area contributed by atoms with E-state index in [2.05, 4.69) is 6.07 Å². The van der Waals surface area contributed by atoms with Gasteiger partial charge in [-0.2, -0.15) is 0 Å². The predicted molar refractivity (Wildman–Crippen MR) is 137 cm³/mol. The van der Waals surface area contributed by atoms with Crippen molar-refractivity contribution in [2.75, 3.05) is 13.4 Å². The van der Waals surface area contributed by atoms with Crippen molar-refractivity contribution in [3.63, 3.8) is 0 Å². The maximum atomic E-state index is 11.8. The van der Waals surface area contributed by atoms with Crippen LogP contribution in [0.1, 0.15) is 63.0 Å². The first-order valence-corrected chi connectivity index (χ1v) is 13.0. The molecule has 1 N–H and O–H groups in total. The molecule has 2 aromatic rings. The number of hydrogen-bond acceptors (Lipinski definition) is 5. The average molecular weight is 491 g/mol. The summed E-state index contributed by atoms with van der Waals surface area (Å²) in [4.78, 5) is 22.6. The van der Waals surface area contributed by atoms with Crippen LogP contribution in [0.4, 0.5) is 4.79 Å². The van der Waals surface area contributed by atoms with E-state index in [4.69, 9.17) is 19.3 Å². The number of rotatable bonds is 9. The molecule has 6 nitrogen and oxygen atoms in total. The third-order valence-electron chi connectivity index (χ3n) is 8.07. The fourth-order valence-electron chi connectivity index (χ4n) is 7.01. The zero-order valence-electron chi connectivity index (χ0n) is 20.8. The maximum Gasteiger partial charge on any atom is 0.511 e. The molecule has 0 aliphatic heterocycles. The van der Waals surface area contributed by atoms with Crippen LogP contribution < -0.4 is 4.74 Å². The molecule has 4 bridgehead atoms. The lowest BCUT2D eigenvalue weighted by Crippen LogP contribution is -2.48. The molecule has 2 aromatic carbocycles. The number of ether oxygens (including phenoxy) is 3. The summed E-state index contributed by atoms with van der Waals surface area (Å²) in [6.07, 6.45) is 10.4. The number of carboxylic acids is 1. The van der Waals surface area contributed by atoms with Gasteiger partial charge < -0.3 is 19.3 Å². The van der Waals surface area contributed by atoms with Crippen LogP contribution in [-0.2, 0) is 19.7 Å². The van der Waals surface area contributed by atoms with E-state index in [1.165, 1.54) is 44.1 Å². The molecule has 0 amide bonds. The van der Waals surface area contributed by atoms with Crippen molar-refractivity contribution in [1.29, 1.82) is 0 Å². The van der Waals surface area contributed by atoms with E-state index in [1.807, 2.05) is 43.3 Å². The van der Waals surface area contributed by atoms with Crippen molar-refractivity contribution in [2.45, 2.75) is 57.3 Å². The van der Waals surface area contributed by atoms with Crippen LogP contribution in [0.5, 0.6) is 5.75 Å². The maximum absolute atomic E-state index is 11.8. The van der Waals surface area contributed by atoms with Gasteiger partial charge in [-0.15, -0.1) is 0 Å². The second-order valence-corrected chi connectivity index (χ2v) is 10.7. The summed E-state index contributed by atoms with van der Waals surface area (Å²) in [6, 6.07) is 14.2. The summed E-state index contributed by atoms with van der Waals surface area (Å²) in [5.74, 6) is 2.18. The van der Waals surface area contributed by atoms with Gasteiger partial charge in [0.1, 0.15) is 5.75 Å². The van der Waals surface area contributed by atoms with Crippen LogP contribution in [-0.4, -0.2) is 30.6 Å². The van der Waals surface area contributed by atoms with Gasteiger partial charge >= 0.3 is 12.1 Å². The highest BCUT2D eigenvalue weighted by Gasteiger charge is 2.52. The highest BCUT2D eigenvalue weighted by Crippen LogP contribution is 2.62. The molecule has 4 saturated carbocycles. The lowest BCUT2D eigenvalue weighted by molar-refractivity contribution is -0.131. The fraction of sp³-hybridized carbons (Fsp3) is 0.467. The zero-order valence-corrected chi connectivity index (χ0v) is 20.8. The Morgan fingerprint density at radius 3 is 2.19 bits per heavy atom. The first-order chi connectivity index (χ1) is 17.4. The van der Waals surface area contributed by atoms with Gasteiger partial charge in [-0.05, 0) is 103 Å². The van der Waals surface area contributed by atoms with Crippen LogP contribution in [0.3, 0.4) is 0 Å². The number of benzene rings is 2. The molecule has 190 valence electrons. The Morgan fingerprint density at radius 1 is 0.944 bits per heavy atom. The van der Waals surface area contributed by atoms with Gasteiger partial charge in [-0.25, -0.2) is 9.59 Å². The second kappa shape index (κ2) is 10.4. The molecule has 0 spiro atoms. The molecular formula is C30H34O6. The SMILES string of the molecule is CCCOC(=O)OCOc1ccc(-c2ccc(/C=C/C(=O)O)cc2)cc1C12CC3CC(CC(C3)C1)C2. The molecule has 0 saturated heterocycles. The Hall–Kier alpha value is -3.28. The van der Waals surface area contributed by atoms with Gasteiger partial charge in [0.05, 0.1) is 6.61 Å². The first kappa shape index (κ1) is 24.4. The molecule has 0 aromatic heterocycles. The highest BCUT2D eigenvalue weighted by atomic mass is 16.8. The lowest BCUT2D eigenvalue weighted by atomic mass is 9.48. The Morgan fingerprint density at radius 2 is 1.58 bits per heavy atom. The molecular weight excluding hydrogens is 456 g/mol. The van der Waals surface area contributed by atoms with Crippen LogP contribution in [0.2, 0.25) is 0 Å². The number of carbonyl (C=O) groups is 2. The molecule has 0 unspecified atom stereocenters. The minimum Gasteiger partial charge on any atom is -0.478 e. The smallest absolute Gasteiger partial charge is 0.478 e. The molecule has 6 heteroatoms. The Balaban J connectivity index is 1.42. The summed E-state index contributed by atoms with van der Waals surface area (Å²) in [5, 5.41) is 8.88. The van der Waals surface area contributed by atoms with E-state index in [1.54, 1.807) is 6.08 Å². The summed E-state index contributed by atoms with van der Waals surface area (Å²) in [7, 11) is 0. The van der Waals surface area contributed by atoms with Crippen molar-refractivity contribution < 1.29 is 28.9 Å². The minimum absolute atomic E-state index is 0.104. The zero-order chi connectivity index (χ0) is 25.1. The first-order valence-electron chi connectivity index (χ1n) is 13.0. The number of carboxylic acid groups (broad SMARTS) is 1. The van der Waals surface area contributed by atoms with Crippen LogP contribution >= 0.6 is 0 Å². The third kappa shape index (κ3) is 5.28. The van der Waals surface area contributed by atoms with Gasteiger partial charge in [0.15, 0.2) is 0 Å². The molecule has 36 heavy (non-hydrogen) atoms. The summed E-state index contributed by atoms with van der Waals surface area (Å²) in [5.41, 5.74) is 4.34. The van der Waals surface area contributed by atoms with Gasteiger partial charge in [0.2, 0.25) is 6.79 Å². The van der Waals surface area contributed by atoms with Crippen molar-refractivity contribution in [3.05, 3.63) is 59.7 Å². The summed E-state index contributed by atoms with van der Waals surface area (Å²) >= 11 is 0. The molecule has 0 radical (unpaired) electrons. The molecule has 4 fully saturated rings. The van der Waals surface area contributed by atoms with Crippen molar-refractivity contribution in [1.82, 2.24) is 0 Å². The molecule has 6 rings (SSSR count). The van der Waals surface area contributed by atoms with E-state index in [0.717, 1.165) is 52.7 Å². The number of hydrogen-bond donors (Lipinski definition) is 1. The number of carbonyl (C=O) groups excluding carboxylic acids is 1. The lowest BCUT2D eigenvalue weighted by Gasteiger charge is -2.57. The average Bonchev–Trinajstić information content (AvgIpc) is 2.86. The Kier molecular flexibility index (Phi) is 7.04. The van der Waals surface area contributed by atoms with Crippen molar-refractivity contribution >= 4 is 18.2 Å². The van der Waals surface area contributed by atoms with Crippen LogP contribution in [0.15, 0.2) is 48.5 Å². The fourth-order valence-corrected chi connectivity index (χ4v) is 7.01. The summed E-state index contributed by atoms with van der Waals surface area (Å²) in [6.45, 7) is 2.09. The van der Waals surface area contributed by atoms with Gasteiger partial charge in [-0.3, -0.25) is 0 Å². The van der Waals surface area contributed by atoms with E-state index in [9.17, 15) is 9.59 Å². The molecule has 4 aliphatic rings. The van der Waals surface area contributed by atoms with Gasteiger partial charge in [-0.1, -0.05) is 37.3 Å². The number of aliphatic carboxylic acids is 1. The molecule has 0 heterocycles. The normalized spacial score (nSPS) is 26.2. The van der Waals surface area contributed by atoms with Crippen molar-refractivity contribution in [2.24, 2.45) is 17.8 Å². The topological polar surface area (TPSA) is 82.1 Å². The van der Waals surface area contributed by atoms with Crippen LogP contribution in [0, 0.1) is 17.8 Å². The highest BCUT2D eigenvalue weighted by molar-refractivity contribution is 5.85. The minimum atomic E-state index is -0.961. The van der Waals surface area contributed by atoms with Crippen LogP contribution in [0.25, 0.3) is 17.2 Å².